The fourth-order valence-corrected chi connectivity index (χ4v) is 2.32. The second-order valence-electron chi connectivity index (χ2n) is 5.60. The van der Waals surface area contributed by atoms with Gasteiger partial charge < -0.3 is 5.73 Å². The van der Waals surface area contributed by atoms with Gasteiger partial charge in [0, 0.05) is 31.7 Å². The fourth-order valence-electron chi connectivity index (χ4n) is 2.32. The molecule has 0 aliphatic carbocycles. The zero-order valence-corrected chi connectivity index (χ0v) is 13.3. The van der Waals surface area contributed by atoms with E-state index in [0.29, 0.717) is 18.5 Å². The Morgan fingerprint density at radius 2 is 2.05 bits per heavy atom. The second-order valence-corrected chi connectivity index (χ2v) is 5.60. The van der Waals surface area contributed by atoms with Crippen molar-refractivity contribution in [3.05, 3.63) is 18.0 Å². The minimum absolute atomic E-state index is 0.248. The molecule has 0 radical (unpaired) electrons. The van der Waals surface area contributed by atoms with E-state index in [9.17, 15) is 0 Å². The van der Waals surface area contributed by atoms with E-state index in [1.165, 1.54) is 0 Å². The number of hydrogen-bond acceptors (Lipinski definition) is 3. The highest BCUT2D eigenvalue weighted by Crippen LogP contribution is 2.15. The first kappa shape index (κ1) is 16.7. The third kappa shape index (κ3) is 4.96. The van der Waals surface area contributed by atoms with Gasteiger partial charge in [0.15, 0.2) is 0 Å². The normalized spacial score (nSPS) is 11.8. The molecule has 5 heteroatoms. The summed E-state index contributed by atoms with van der Waals surface area (Å²) < 4.78 is 2.08. The SMILES string of the molecule is CCC(CC)n1ccc(CN(CCC(=N)N)C(C)C)n1. The molecule has 0 aliphatic heterocycles. The summed E-state index contributed by atoms with van der Waals surface area (Å²) in [6.07, 6.45) is 4.91. The summed E-state index contributed by atoms with van der Waals surface area (Å²) in [5.41, 5.74) is 6.54. The van der Waals surface area contributed by atoms with Gasteiger partial charge in [0.1, 0.15) is 0 Å². The standard InChI is InChI=1S/C15H29N5/c1-5-14(6-2)20-10-7-13(18-20)11-19(12(3)4)9-8-15(16)17/h7,10,12,14H,5-6,8-9,11H2,1-4H3,(H3,16,17). The van der Waals surface area contributed by atoms with E-state index in [2.05, 4.69) is 49.5 Å². The third-order valence-corrected chi connectivity index (χ3v) is 3.74. The molecule has 0 spiro atoms. The van der Waals surface area contributed by atoms with Crippen LogP contribution in [0.25, 0.3) is 0 Å². The van der Waals surface area contributed by atoms with Crippen LogP contribution >= 0.6 is 0 Å². The van der Waals surface area contributed by atoms with Crippen molar-refractivity contribution in [2.75, 3.05) is 6.54 Å². The third-order valence-electron chi connectivity index (χ3n) is 3.74. The van der Waals surface area contributed by atoms with Crippen LogP contribution in [0.4, 0.5) is 0 Å². The summed E-state index contributed by atoms with van der Waals surface area (Å²) in [6, 6.07) is 3.02. The number of rotatable bonds is 9. The molecule has 5 nitrogen and oxygen atoms in total. The first-order valence-corrected chi connectivity index (χ1v) is 7.58. The zero-order chi connectivity index (χ0) is 15.1. The topological polar surface area (TPSA) is 70.9 Å². The van der Waals surface area contributed by atoms with Crippen LogP contribution in [0.3, 0.4) is 0 Å². The highest BCUT2D eigenvalue weighted by Gasteiger charge is 2.13. The number of amidine groups is 1. The molecule has 0 amide bonds. The zero-order valence-electron chi connectivity index (χ0n) is 13.3. The molecule has 0 atom stereocenters. The van der Waals surface area contributed by atoms with Crippen LogP contribution < -0.4 is 5.73 Å². The summed E-state index contributed by atoms with van der Waals surface area (Å²) in [5.74, 6) is 0.248. The summed E-state index contributed by atoms with van der Waals surface area (Å²) >= 11 is 0. The molecule has 0 saturated heterocycles. The van der Waals surface area contributed by atoms with Crippen molar-refractivity contribution in [1.82, 2.24) is 14.7 Å². The molecule has 114 valence electrons. The van der Waals surface area contributed by atoms with Gasteiger partial charge in [0.25, 0.3) is 0 Å². The maximum atomic E-state index is 7.35. The fraction of sp³-hybridized carbons (Fsp3) is 0.733. The smallest absolute Gasteiger partial charge is 0.0918 e. The maximum absolute atomic E-state index is 7.35. The lowest BCUT2D eigenvalue weighted by Gasteiger charge is -2.25. The van der Waals surface area contributed by atoms with E-state index in [4.69, 9.17) is 16.2 Å². The average molecular weight is 279 g/mol. The van der Waals surface area contributed by atoms with Crippen LogP contribution in [0.2, 0.25) is 0 Å². The average Bonchev–Trinajstić information content (AvgIpc) is 2.84. The Kier molecular flexibility index (Phi) is 6.71. The molecule has 1 aromatic heterocycles. The Morgan fingerprint density at radius 1 is 1.40 bits per heavy atom. The highest BCUT2D eigenvalue weighted by atomic mass is 15.3. The molecule has 1 heterocycles. The first-order valence-electron chi connectivity index (χ1n) is 7.58. The van der Waals surface area contributed by atoms with Gasteiger partial charge in [0.05, 0.1) is 17.6 Å². The Balaban J connectivity index is 2.66. The lowest BCUT2D eigenvalue weighted by Crippen LogP contribution is -2.33. The molecule has 0 fully saturated rings. The largest absolute Gasteiger partial charge is 0.388 e. The van der Waals surface area contributed by atoms with E-state index < -0.39 is 0 Å². The lowest BCUT2D eigenvalue weighted by atomic mass is 10.2. The van der Waals surface area contributed by atoms with Crippen LogP contribution in [0, 0.1) is 5.41 Å². The molecule has 1 aromatic rings. The molecule has 0 aliphatic rings. The van der Waals surface area contributed by atoms with Gasteiger partial charge in [0.2, 0.25) is 0 Å². The molecule has 1 rings (SSSR count). The van der Waals surface area contributed by atoms with Gasteiger partial charge >= 0.3 is 0 Å². The number of nitrogens with zero attached hydrogens (tertiary/aromatic N) is 3. The summed E-state index contributed by atoms with van der Waals surface area (Å²) in [6.45, 7) is 10.4. The monoisotopic (exact) mass is 279 g/mol. The number of aromatic nitrogens is 2. The minimum Gasteiger partial charge on any atom is -0.388 e. The molecule has 20 heavy (non-hydrogen) atoms. The Morgan fingerprint density at radius 3 is 2.55 bits per heavy atom. The predicted octanol–water partition coefficient (Wildman–Crippen LogP) is 2.78. The van der Waals surface area contributed by atoms with Gasteiger partial charge in [-0.1, -0.05) is 13.8 Å². The molecular formula is C15H29N5. The summed E-state index contributed by atoms with van der Waals surface area (Å²) in [5, 5.41) is 12.0. The number of nitrogens with two attached hydrogens (primary N) is 1. The van der Waals surface area contributed by atoms with Crippen LogP contribution in [0.1, 0.15) is 58.7 Å². The first-order chi connectivity index (χ1) is 9.47. The van der Waals surface area contributed by atoms with Crippen LogP contribution in [-0.2, 0) is 6.54 Å². The highest BCUT2D eigenvalue weighted by molar-refractivity contribution is 5.76. The molecule has 0 bridgehead atoms. The molecule has 3 N–H and O–H groups in total. The van der Waals surface area contributed by atoms with Gasteiger partial charge in [-0.15, -0.1) is 0 Å². The van der Waals surface area contributed by atoms with Gasteiger partial charge in [-0.25, -0.2) is 0 Å². The quantitative estimate of drug-likeness (QED) is 0.539. The van der Waals surface area contributed by atoms with Crippen molar-refractivity contribution >= 4 is 5.84 Å². The Hall–Kier alpha value is -1.36. The van der Waals surface area contributed by atoms with E-state index in [0.717, 1.165) is 31.6 Å². The van der Waals surface area contributed by atoms with Crippen molar-refractivity contribution in [1.29, 1.82) is 5.41 Å². The van der Waals surface area contributed by atoms with E-state index >= 15 is 0 Å². The lowest BCUT2D eigenvalue weighted by molar-refractivity contribution is 0.215. The van der Waals surface area contributed by atoms with Crippen molar-refractivity contribution in [2.24, 2.45) is 5.73 Å². The summed E-state index contributed by atoms with van der Waals surface area (Å²) in [4.78, 5) is 2.31. The Labute approximate surface area is 122 Å². The van der Waals surface area contributed by atoms with Crippen LogP contribution in [0.15, 0.2) is 12.3 Å². The number of nitrogens with one attached hydrogen (secondary N) is 1. The van der Waals surface area contributed by atoms with Gasteiger partial charge in [-0.05, 0) is 32.8 Å². The second kappa shape index (κ2) is 8.04. The van der Waals surface area contributed by atoms with Crippen LogP contribution in [0.5, 0.6) is 0 Å². The van der Waals surface area contributed by atoms with Crippen LogP contribution in [-0.4, -0.2) is 33.1 Å². The van der Waals surface area contributed by atoms with Crippen molar-refractivity contribution < 1.29 is 0 Å². The molecular weight excluding hydrogens is 250 g/mol. The molecule has 0 unspecified atom stereocenters. The molecule has 0 saturated carbocycles. The van der Waals surface area contributed by atoms with E-state index in [1.54, 1.807) is 0 Å². The van der Waals surface area contributed by atoms with E-state index in [-0.39, 0.29) is 5.84 Å². The maximum Gasteiger partial charge on any atom is 0.0918 e. The van der Waals surface area contributed by atoms with Gasteiger partial charge in [-0.2, -0.15) is 5.10 Å². The summed E-state index contributed by atoms with van der Waals surface area (Å²) in [7, 11) is 0. The Bertz CT molecular complexity index is 406. The minimum atomic E-state index is 0.248. The number of hydrogen-bond donors (Lipinski definition) is 2. The van der Waals surface area contributed by atoms with Crippen molar-refractivity contribution in [3.8, 4) is 0 Å². The molecule has 0 aromatic carbocycles. The predicted molar refractivity (Wildman–Crippen MR) is 83.9 cm³/mol. The van der Waals surface area contributed by atoms with Crippen molar-refractivity contribution in [3.63, 3.8) is 0 Å². The van der Waals surface area contributed by atoms with Gasteiger partial charge in [-0.3, -0.25) is 15.0 Å². The van der Waals surface area contributed by atoms with Crippen molar-refractivity contribution in [2.45, 2.75) is 65.6 Å². The van der Waals surface area contributed by atoms with E-state index in [1.807, 2.05) is 0 Å².